The topological polar surface area (TPSA) is 64.3 Å². The molecule has 0 radical (unpaired) electrons. The fourth-order valence-electron chi connectivity index (χ4n) is 1.49. The number of carbonyl (C=O) groups excluding carboxylic acids is 1. The summed E-state index contributed by atoms with van der Waals surface area (Å²) in [6.07, 6.45) is 3.02. The van der Waals surface area contributed by atoms with Crippen LogP contribution in [0.25, 0.3) is 6.08 Å². The smallest absolute Gasteiger partial charge is 0.407 e. The minimum atomic E-state index is -1.05. The number of ether oxygens (including phenoxy) is 1. The molecule has 21 heavy (non-hydrogen) atoms. The minimum absolute atomic E-state index is 0.110. The predicted molar refractivity (Wildman–Crippen MR) is 78.7 cm³/mol. The highest BCUT2D eigenvalue weighted by Gasteiger charge is 2.15. The van der Waals surface area contributed by atoms with Crippen LogP contribution in [0.4, 0.5) is 19.3 Å². The first kappa shape index (κ1) is 16.9. The fraction of sp³-hybridized carbons (Fsp3) is 0.400. The summed E-state index contributed by atoms with van der Waals surface area (Å²) in [5, 5.41) is 2.56. The van der Waals surface area contributed by atoms with Gasteiger partial charge in [0, 0.05) is 12.1 Å². The number of alkyl carbamates (subject to hydrolysis) is 1. The molecule has 116 valence electrons. The lowest BCUT2D eigenvalue weighted by Gasteiger charge is -2.19. The van der Waals surface area contributed by atoms with Gasteiger partial charge in [0.25, 0.3) is 0 Å². The van der Waals surface area contributed by atoms with E-state index in [2.05, 4.69) is 5.32 Å². The molecule has 3 N–H and O–H groups in total. The molecule has 0 aliphatic carbocycles. The summed E-state index contributed by atoms with van der Waals surface area (Å²) >= 11 is 0. The van der Waals surface area contributed by atoms with Gasteiger partial charge in [-0.1, -0.05) is 12.2 Å². The molecule has 1 amide bonds. The number of nitrogens with one attached hydrogen (secondary N) is 1. The number of carbonyl (C=O) groups is 1. The van der Waals surface area contributed by atoms with E-state index >= 15 is 0 Å². The number of hydrogen-bond donors (Lipinski definition) is 2. The SMILES string of the molecule is CC(C)(C)OC(=O)NCCC=Cc1ccc(N)c(F)c1F. The normalized spacial score (nSPS) is 11.7. The van der Waals surface area contributed by atoms with E-state index in [4.69, 9.17) is 10.5 Å². The van der Waals surface area contributed by atoms with Gasteiger partial charge in [-0.05, 0) is 39.3 Å². The first-order valence-corrected chi connectivity index (χ1v) is 6.57. The summed E-state index contributed by atoms with van der Waals surface area (Å²) in [6, 6.07) is 2.70. The highest BCUT2D eigenvalue weighted by molar-refractivity contribution is 5.67. The Morgan fingerprint density at radius 1 is 1.33 bits per heavy atom. The van der Waals surface area contributed by atoms with Crippen LogP contribution in [0.5, 0.6) is 0 Å². The lowest BCUT2D eigenvalue weighted by Crippen LogP contribution is -2.32. The first-order valence-electron chi connectivity index (χ1n) is 6.57. The quantitative estimate of drug-likeness (QED) is 0.661. The maximum atomic E-state index is 13.5. The molecule has 1 rings (SSSR count). The van der Waals surface area contributed by atoms with Crippen LogP contribution in [0, 0.1) is 11.6 Å². The van der Waals surface area contributed by atoms with E-state index in [0.717, 1.165) is 0 Å². The lowest BCUT2D eigenvalue weighted by atomic mass is 10.1. The van der Waals surface area contributed by atoms with Crippen molar-refractivity contribution in [1.82, 2.24) is 5.32 Å². The van der Waals surface area contributed by atoms with Crippen LogP contribution in [0.3, 0.4) is 0 Å². The van der Waals surface area contributed by atoms with Crippen LogP contribution >= 0.6 is 0 Å². The third-order valence-corrected chi connectivity index (χ3v) is 2.42. The molecule has 0 bridgehead atoms. The molecule has 0 aromatic heterocycles. The van der Waals surface area contributed by atoms with Crippen molar-refractivity contribution in [3.05, 3.63) is 35.4 Å². The van der Waals surface area contributed by atoms with Gasteiger partial charge in [-0.3, -0.25) is 0 Å². The van der Waals surface area contributed by atoms with Crippen molar-refractivity contribution < 1.29 is 18.3 Å². The maximum absolute atomic E-state index is 13.5. The number of halogens is 2. The van der Waals surface area contributed by atoms with E-state index in [9.17, 15) is 13.6 Å². The average molecular weight is 298 g/mol. The Morgan fingerprint density at radius 2 is 2.00 bits per heavy atom. The Morgan fingerprint density at radius 3 is 2.62 bits per heavy atom. The van der Waals surface area contributed by atoms with Crippen LogP contribution < -0.4 is 11.1 Å². The molecule has 0 heterocycles. The zero-order chi connectivity index (χ0) is 16.0. The van der Waals surface area contributed by atoms with E-state index < -0.39 is 23.3 Å². The highest BCUT2D eigenvalue weighted by atomic mass is 19.2. The monoisotopic (exact) mass is 298 g/mol. The fourth-order valence-corrected chi connectivity index (χ4v) is 1.49. The molecule has 0 spiro atoms. The van der Waals surface area contributed by atoms with E-state index in [1.165, 1.54) is 18.2 Å². The second-order valence-corrected chi connectivity index (χ2v) is 5.49. The average Bonchev–Trinajstić information content (AvgIpc) is 2.36. The van der Waals surface area contributed by atoms with Gasteiger partial charge in [-0.15, -0.1) is 0 Å². The van der Waals surface area contributed by atoms with Crippen molar-refractivity contribution in [2.45, 2.75) is 32.8 Å². The number of amides is 1. The molecule has 0 saturated heterocycles. The van der Waals surface area contributed by atoms with Gasteiger partial charge >= 0.3 is 6.09 Å². The van der Waals surface area contributed by atoms with E-state index in [1.54, 1.807) is 26.8 Å². The van der Waals surface area contributed by atoms with Crippen molar-refractivity contribution in [2.24, 2.45) is 0 Å². The van der Waals surface area contributed by atoms with Crippen LogP contribution in [0.15, 0.2) is 18.2 Å². The van der Waals surface area contributed by atoms with Crippen molar-refractivity contribution in [3.8, 4) is 0 Å². The minimum Gasteiger partial charge on any atom is -0.444 e. The molecule has 1 aromatic carbocycles. The molecule has 0 saturated carbocycles. The van der Waals surface area contributed by atoms with Crippen LogP contribution in [-0.2, 0) is 4.74 Å². The Bertz CT molecular complexity index is 537. The Hall–Kier alpha value is -2.11. The lowest BCUT2D eigenvalue weighted by molar-refractivity contribution is 0.0529. The summed E-state index contributed by atoms with van der Waals surface area (Å²) < 4.78 is 31.8. The third kappa shape index (κ3) is 5.81. The number of nitrogens with two attached hydrogens (primary N) is 1. The summed E-state index contributed by atoms with van der Waals surface area (Å²) in [5.41, 5.74) is 4.58. The van der Waals surface area contributed by atoms with E-state index in [0.29, 0.717) is 13.0 Å². The zero-order valence-corrected chi connectivity index (χ0v) is 12.4. The second kappa shape index (κ2) is 7.06. The third-order valence-electron chi connectivity index (χ3n) is 2.42. The van der Waals surface area contributed by atoms with Gasteiger partial charge in [-0.25, -0.2) is 13.6 Å². The molecular formula is C15H20F2N2O2. The number of hydrogen-bond acceptors (Lipinski definition) is 3. The largest absolute Gasteiger partial charge is 0.444 e. The molecule has 1 aromatic rings. The molecule has 6 heteroatoms. The van der Waals surface area contributed by atoms with Crippen LogP contribution in [0.1, 0.15) is 32.8 Å². The van der Waals surface area contributed by atoms with Gasteiger partial charge < -0.3 is 15.8 Å². The summed E-state index contributed by atoms with van der Waals surface area (Å²) in [4.78, 5) is 11.3. The molecule has 0 unspecified atom stereocenters. The number of nitrogen functional groups attached to an aromatic ring is 1. The molecule has 4 nitrogen and oxygen atoms in total. The number of rotatable bonds is 4. The van der Waals surface area contributed by atoms with Gasteiger partial charge in [0.2, 0.25) is 0 Å². The summed E-state index contributed by atoms with van der Waals surface area (Å²) in [5.74, 6) is -2.03. The standard InChI is InChI=1S/C15H20F2N2O2/c1-15(2,3)21-14(20)19-9-5-4-6-10-7-8-11(18)13(17)12(10)16/h4,6-8H,5,9,18H2,1-3H3,(H,19,20). The Labute approximate surface area is 123 Å². The summed E-state index contributed by atoms with van der Waals surface area (Å²) in [6.45, 7) is 5.64. The Balaban J connectivity index is 2.43. The summed E-state index contributed by atoms with van der Waals surface area (Å²) in [7, 11) is 0. The number of anilines is 1. The first-order chi connectivity index (χ1) is 9.70. The van der Waals surface area contributed by atoms with Gasteiger partial charge in [-0.2, -0.15) is 0 Å². The van der Waals surface area contributed by atoms with E-state index in [1.807, 2.05) is 0 Å². The molecule has 0 aliphatic heterocycles. The molecular weight excluding hydrogens is 278 g/mol. The molecule has 0 fully saturated rings. The molecule has 0 atom stereocenters. The van der Waals surface area contributed by atoms with Crippen molar-refractivity contribution >= 4 is 17.9 Å². The number of benzene rings is 1. The van der Waals surface area contributed by atoms with Crippen molar-refractivity contribution in [2.75, 3.05) is 12.3 Å². The van der Waals surface area contributed by atoms with E-state index in [-0.39, 0.29) is 11.3 Å². The second-order valence-electron chi connectivity index (χ2n) is 5.49. The Kier molecular flexibility index (Phi) is 5.69. The maximum Gasteiger partial charge on any atom is 0.407 e. The van der Waals surface area contributed by atoms with Crippen LogP contribution in [-0.4, -0.2) is 18.2 Å². The molecule has 0 aliphatic rings. The van der Waals surface area contributed by atoms with Crippen LogP contribution in [0.2, 0.25) is 0 Å². The van der Waals surface area contributed by atoms with Crippen molar-refractivity contribution in [3.63, 3.8) is 0 Å². The predicted octanol–water partition coefficient (Wildman–Crippen LogP) is 3.48. The van der Waals surface area contributed by atoms with Gasteiger partial charge in [0.1, 0.15) is 5.60 Å². The van der Waals surface area contributed by atoms with Crippen molar-refractivity contribution in [1.29, 1.82) is 0 Å². The zero-order valence-electron chi connectivity index (χ0n) is 12.4. The van der Waals surface area contributed by atoms with Gasteiger partial charge in [0.15, 0.2) is 11.6 Å². The van der Waals surface area contributed by atoms with Gasteiger partial charge in [0.05, 0.1) is 5.69 Å². The highest BCUT2D eigenvalue weighted by Crippen LogP contribution is 2.19.